The molecule has 0 aliphatic rings. The minimum Gasteiger partial charge on any atom is -0.480 e. The van der Waals surface area contributed by atoms with Gasteiger partial charge in [0.1, 0.15) is 19.3 Å². The first-order valence-corrected chi connectivity index (χ1v) is 11.4. The Morgan fingerprint density at radius 3 is 1.76 bits per heavy atom. The number of hydrogen-bond donors (Lipinski definition) is 4. The number of Topliss-reactive ketones (excluding diaryl/α,β-unsaturated/α-hetero) is 1. The van der Waals surface area contributed by atoms with E-state index in [9.17, 15) is 19.2 Å². The number of amides is 2. The van der Waals surface area contributed by atoms with Crippen molar-refractivity contribution in [1.82, 2.24) is 16.0 Å². The number of likely N-dealkylation sites (N-methyl/N-ethyl adjacent to an activating group) is 1. The highest BCUT2D eigenvalue weighted by atomic mass is 16.5. The molecule has 0 radical (unpaired) electrons. The van der Waals surface area contributed by atoms with Gasteiger partial charge in [0.15, 0.2) is 5.78 Å². The van der Waals surface area contributed by atoms with Crippen LogP contribution in [0, 0.1) is 5.41 Å². The first-order chi connectivity index (χ1) is 16.1. The highest BCUT2D eigenvalue weighted by Gasteiger charge is 2.20. The zero-order valence-corrected chi connectivity index (χ0v) is 20.8. The van der Waals surface area contributed by atoms with Crippen molar-refractivity contribution in [1.29, 1.82) is 0 Å². The maximum Gasteiger partial charge on any atom is 0.320 e. The Hall–Kier alpha value is -2.12. The third kappa shape index (κ3) is 18.3. The number of rotatable bonds is 21. The molecular weight excluding hydrogens is 450 g/mol. The van der Waals surface area contributed by atoms with E-state index in [0.717, 1.165) is 0 Å². The van der Waals surface area contributed by atoms with Crippen molar-refractivity contribution in [2.24, 2.45) is 5.41 Å². The van der Waals surface area contributed by atoms with Crippen LogP contribution in [0.5, 0.6) is 0 Å². The Labute approximate surface area is 201 Å². The van der Waals surface area contributed by atoms with E-state index >= 15 is 0 Å². The summed E-state index contributed by atoms with van der Waals surface area (Å²) < 4.78 is 21.1. The monoisotopic (exact) mass is 491 g/mol. The number of carboxylic acids is 1. The zero-order valence-electron chi connectivity index (χ0n) is 20.8. The smallest absolute Gasteiger partial charge is 0.320 e. The molecule has 0 rings (SSSR count). The zero-order chi connectivity index (χ0) is 25.8. The summed E-state index contributed by atoms with van der Waals surface area (Å²) in [6.07, 6.45) is 0.308. The second kappa shape index (κ2) is 19.2. The van der Waals surface area contributed by atoms with Gasteiger partial charge in [-0.05, 0) is 13.5 Å². The van der Waals surface area contributed by atoms with Gasteiger partial charge < -0.3 is 40.0 Å². The van der Waals surface area contributed by atoms with Crippen molar-refractivity contribution >= 4 is 23.6 Å². The molecule has 0 bridgehead atoms. The molecule has 0 spiro atoms. The molecule has 0 saturated heterocycles. The van der Waals surface area contributed by atoms with Gasteiger partial charge in [-0.15, -0.1) is 0 Å². The van der Waals surface area contributed by atoms with Gasteiger partial charge in [-0.2, -0.15) is 0 Å². The molecule has 2 amide bonds. The number of carbonyl (C=O) groups is 4. The van der Waals surface area contributed by atoms with E-state index < -0.39 is 17.4 Å². The molecule has 0 aliphatic carbocycles. The fourth-order valence-electron chi connectivity index (χ4n) is 2.32. The predicted octanol–water partition coefficient (Wildman–Crippen LogP) is -0.647. The quantitative estimate of drug-likeness (QED) is 0.152. The summed E-state index contributed by atoms with van der Waals surface area (Å²) in [5, 5.41) is 16.8. The summed E-state index contributed by atoms with van der Waals surface area (Å²) in [7, 11) is 1.53. The van der Waals surface area contributed by atoms with Crippen molar-refractivity contribution < 1.29 is 43.2 Å². The lowest BCUT2D eigenvalue weighted by Gasteiger charge is -2.16. The second-order valence-electron chi connectivity index (χ2n) is 8.42. The third-order valence-corrected chi connectivity index (χ3v) is 4.49. The lowest BCUT2D eigenvalue weighted by atomic mass is 9.91. The minimum atomic E-state index is -0.993. The van der Waals surface area contributed by atoms with Crippen LogP contribution in [-0.4, -0.2) is 108 Å². The van der Waals surface area contributed by atoms with Crippen molar-refractivity contribution in [3.63, 3.8) is 0 Å². The van der Waals surface area contributed by atoms with Gasteiger partial charge in [-0.25, -0.2) is 0 Å². The summed E-state index contributed by atoms with van der Waals surface area (Å²) in [5.41, 5.74) is -0.417. The van der Waals surface area contributed by atoms with Crippen LogP contribution in [0.25, 0.3) is 0 Å². The summed E-state index contributed by atoms with van der Waals surface area (Å²) >= 11 is 0. The molecule has 12 nitrogen and oxygen atoms in total. The molecule has 1 unspecified atom stereocenters. The minimum absolute atomic E-state index is 0.0324. The molecule has 1 atom stereocenters. The van der Waals surface area contributed by atoms with Gasteiger partial charge in [-0.1, -0.05) is 20.8 Å². The second-order valence-corrected chi connectivity index (χ2v) is 8.42. The van der Waals surface area contributed by atoms with Crippen LogP contribution in [0.1, 0.15) is 33.6 Å². The first kappa shape index (κ1) is 31.9. The van der Waals surface area contributed by atoms with Crippen molar-refractivity contribution in [2.45, 2.75) is 39.7 Å². The summed E-state index contributed by atoms with van der Waals surface area (Å²) in [5.74, 6) is -1.48. The van der Waals surface area contributed by atoms with Crippen LogP contribution in [0.2, 0.25) is 0 Å². The SMILES string of the molecule is CNC(CCC(=O)NCCOCCOCC(=O)NCCOCCOCC(=O)C(C)(C)C)C(=O)O. The van der Waals surface area contributed by atoms with Crippen LogP contribution in [0.3, 0.4) is 0 Å². The molecule has 12 heteroatoms. The summed E-state index contributed by atoms with van der Waals surface area (Å²) in [6.45, 7) is 7.85. The first-order valence-electron chi connectivity index (χ1n) is 11.4. The van der Waals surface area contributed by atoms with Crippen LogP contribution in [-0.2, 0) is 38.1 Å². The topological polar surface area (TPSA) is 162 Å². The van der Waals surface area contributed by atoms with E-state index in [1.165, 1.54) is 7.05 Å². The van der Waals surface area contributed by atoms with Gasteiger partial charge in [0, 0.05) is 24.9 Å². The number of ketones is 1. The van der Waals surface area contributed by atoms with Crippen molar-refractivity contribution in [3.8, 4) is 0 Å². The molecule has 0 aromatic rings. The van der Waals surface area contributed by atoms with Crippen LogP contribution >= 0.6 is 0 Å². The van der Waals surface area contributed by atoms with Crippen LogP contribution in [0.4, 0.5) is 0 Å². The lowest BCUT2D eigenvalue weighted by Crippen LogP contribution is -2.36. The van der Waals surface area contributed by atoms with Gasteiger partial charge in [0.25, 0.3) is 0 Å². The Kier molecular flexibility index (Phi) is 18.0. The van der Waals surface area contributed by atoms with Crippen LogP contribution < -0.4 is 16.0 Å². The van der Waals surface area contributed by atoms with Crippen LogP contribution in [0.15, 0.2) is 0 Å². The van der Waals surface area contributed by atoms with E-state index in [-0.39, 0.29) is 63.5 Å². The number of nitrogens with one attached hydrogen (secondary N) is 3. The highest BCUT2D eigenvalue weighted by Crippen LogP contribution is 2.14. The maximum atomic E-state index is 11.7. The summed E-state index contributed by atoms with van der Waals surface area (Å²) in [4.78, 5) is 45.8. The van der Waals surface area contributed by atoms with E-state index in [4.69, 9.17) is 24.1 Å². The standard InChI is InChI=1S/C22H41N3O9/c1-22(2,3)18(26)15-33-13-11-32-10-8-25-20(28)16-34-14-12-31-9-7-24-19(27)6-5-17(23-4)21(29)30/h17,23H,5-16H2,1-4H3,(H,24,27)(H,25,28)(H,29,30). The summed E-state index contributed by atoms with van der Waals surface area (Å²) in [6, 6.07) is -0.750. The largest absolute Gasteiger partial charge is 0.480 e. The van der Waals surface area contributed by atoms with Crippen molar-refractivity contribution in [2.75, 3.05) is 73.0 Å². The Bertz CT molecular complexity index is 609. The average Bonchev–Trinajstić information content (AvgIpc) is 2.76. The molecule has 0 aromatic carbocycles. The normalized spacial score (nSPS) is 12.2. The molecule has 0 fully saturated rings. The van der Waals surface area contributed by atoms with E-state index in [1.54, 1.807) is 0 Å². The molecular formula is C22H41N3O9. The third-order valence-electron chi connectivity index (χ3n) is 4.49. The number of carboxylic acid groups (broad SMARTS) is 1. The number of ether oxygens (including phenoxy) is 4. The van der Waals surface area contributed by atoms with E-state index in [0.29, 0.717) is 32.9 Å². The average molecular weight is 492 g/mol. The fourth-order valence-corrected chi connectivity index (χ4v) is 2.32. The molecule has 0 aliphatic heterocycles. The Morgan fingerprint density at radius 1 is 0.765 bits per heavy atom. The fraction of sp³-hybridized carbons (Fsp3) is 0.818. The van der Waals surface area contributed by atoms with E-state index in [1.807, 2.05) is 20.8 Å². The Morgan fingerprint density at radius 2 is 1.26 bits per heavy atom. The highest BCUT2D eigenvalue weighted by molar-refractivity contribution is 5.84. The van der Waals surface area contributed by atoms with Gasteiger partial charge in [0.05, 0.1) is 39.6 Å². The molecule has 198 valence electrons. The molecule has 0 heterocycles. The van der Waals surface area contributed by atoms with Gasteiger partial charge in [-0.3, -0.25) is 19.2 Å². The Balaban J connectivity index is 3.46. The molecule has 0 saturated carbocycles. The number of aliphatic carboxylic acids is 1. The van der Waals surface area contributed by atoms with E-state index in [2.05, 4.69) is 16.0 Å². The number of carbonyl (C=O) groups excluding carboxylic acids is 3. The van der Waals surface area contributed by atoms with Crippen molar-refractivity contribution in [3.05, 3.63) is 0 Å². The van der Waals surface area contributed by atoms with Gasteiger partial charge in [0.2, 0.25) is 11.8 Å². The molecule has 4 N–H and O–H groups in total. The predicted molar refractivity (Wildman–Crippen MR) is 123 cm³/mol. The molecule has 34 heavy (non-hydrogen) atoms. The molecule has 0 aromatic heterocycles. The maximum absolute atomic E-state index is 11.7. The number of hydrogen-bond acceptors (Lipinski definition) is 9. The van der Waals surface area contributed by atoms with Gasteiger partial charge >= 0.3 is 5.97 Å². The lowest BCUT2D eigenvalue weighted by molar-refractivity contribution is -0.139.